The van der Waals surface area contributed by atoms with Gasteiger partial charge >= 0.3 is 0 Å². The molecule has 0 radical (unpaired) electrons. The lowest BCUT2D eigenvalue weighted by atomic mass is 10.0. The van der Waals surface area contributed by atoms with Crippen LogP contribution in [-0.4, -0.2) is 5.78 Å². The highest BCUT2D eigenvalue weighted by Gasteiger charge is 2.11. The number of carbonyl (C=O) groups excluding carboxylic acids is 1. The Morgan fingerprint density at radius 1 is 1.06 bits per heavy atom. The number of rotatable bonds is 3. The quantitative estimate of drug-likeness (QED) is 0.531. The summed E-state index contributed by atoms with van der Waals surface area (Å²) in [5.41, 5.74) is 1.44. The highest BCUT2D eigenvalue weighted by atomic mass is 127. The molecular formula is C14H9Cl2IO. The molecule has 0 aromatic heterocycles. The van der Waals surface area contributed by atoms with Crippen molar-refractivity contribution in [2.45, 2.75) is 6.42 Å². The highest BCUT2D eigenvalue weighted by Crippen LogP contribution is 2.22. The Bertz CT molecular complexity index is 579. The van der Waals surface area contributed by atoms with Gasteiger partial charge in [-0.2, -0.15) is 0 Å². The molecule has 0 aliphatic rings. The fraction of sp³-hybridized carbons (Fsp3) is 0.0714. The van der Waals surface area contributed by atoms with Crippen molar-refractivity contribution in [1.29, 1.82) is 0 Å². The lowest BCUT2D eigenvalue weighted by Crippen LogP contribution is -2.04. The van der Waals surface area contributed by atoms with Gasteiger partial charge in [-0.3, -0.25) is 4.79 Å². The van der Waals surface area contributed by atoms with Gasteiger partial charge in [-0.15, -0.1) is 0 Å². The Labute approximate surface area is 129 Å². The number of hydrogen-bond donors (Lipinski definition) is 0. The smallest absolute Gasteiger partial charge is 0.168 e. The number of benzene rings is 2. The summed E-state index contributed by atoms with van der Waals surface area (Å²) in [6, 6.07) is 12.8. The van der Waals surface area contributed by atoms with E-state index >= 15 is 0 Å². The average molecular weight is 391 g/mol. The van der Waals surface area contributed by atoms with Gasteiger partial charge in [-0.05, 0) is 58.5 Å². The van der Waals surface area contributed by atoms with E-state index in [1.807, 2.05) is 24.3 Å². The molecule has 0 atom stereocenters. The van der Waals surface area contributed by atoms with Crippen LogP contribution in [0.25, 0.3) is 0 Å². The highest BCUT2D eigenvalue weighted by molar-refractivity contribution is 14.1. The molecule has 0 saturated heterocycles. The number of carbonyl (C=O) groups is 1. The van der Waals surface area contributed by atoms with Gasteiger partial charge in [-0.1, -0.05) is 35.3 Å². The molecule has 0 amide bonds. The summed E-state index contributed by atoms with van der Waals surface area (Å²) in [5.74, 6) is -0.0243. The molecule has 0 N–H and O–H groups in total. The van der Waals surface area contributed by atoms with Crippen molar-refractivity contribution in [2.75, 3.05) is 0 Å². The zero-order valence-electron chi connectivity index (χ0n) is 9.29. The zero-order chi connectivity index (χ0) is 13.1. The summed E-state index contributed by atoms with van der Waals surface area (Å²) in [4.78, 5) is 12.1. The Hall–Kier alpha value is -0.580. The largest absolute Gasteiger partial charge is 0.294 e. The third-order valence-electron chi connectivity index (χ3n) is 2.51. The van der Waals surface area contributed by atoms with E-state index in [0.717, 1.165) is 9.13 Å². The van der Waals surface area contributed by atoms with Crippen molar-refractivity contribution in [3.63, 3.8) is 0 Å². The molecule has 0 saturated carbocycles. The average Bonchev–Trinajstić information content (AvgIpc) is 2.35. The van der Waals surface area contributed by atoms with Crippen molar-refractivity contribution >= 4 is 51.6 Å². The minimum atomic E-state index is -0.0243. The van der Waals surface area contributed by atoms with Gasteiger partial charge in [0.15, 0.2) is 5.78 Å². The van der Waals surface area contributed by atoms with E-state index in [9.17, 15) is 4.79 Å². The number of Topliss-reactive ketones (excluding diaryl/α,β-unsaturated/α-hetero) is 1. The molecule has 0 aliphatic carbocycles. The van der Waals surface area contributed by atoms with E-state index in [0.29, 0.717) is 22.0 Å². The normalized spacial score (nSPS) is 10.4. The minimum Gasteiger partial charge on any atom is -0.294 e. The van der Waals surface area contributed by atoms with E-state index in [4.69, 9.17) is 23.2 Å². The predicted molar refractivity (Wildman–Crippen MR) is 83.7 cm³/mol. The first kappa shape index (κ1) is 13.8. The Kier molecular flexibility index (Phi) is 4.65. The molecule has 1 nitrogen and oxygen atoms in total. The van der Waals surface area contributed by atoms with E-state index in [1.165, 1.54) is 0 Å². The lowest BCUT2D eigenvalue weighted by Gasteiger charge is -2.04. The monoisotopic (exact) mass is 390 g/mol. The van der Waals surface area contributed by atoms with Crippen LogP contribution in [0.3, 0.4) is 0 Å². The summed E-state index contributed by atoms with van der Waals surface area (Å²) in [5, 5.41) is 0.959. The molecule has 0 aliphatic heterocycles. The standard InChI is InChI=1S/C14H9Cl2IO/c15-10-3-6-13(16)12(8-10)14(18)7-9-1-4-11(17)5-2-9/h1-6,8H,7H2. The predicted octanol–water partition coefficient (Wildman–Crippen LogP) is 5.02. The van der Waals surface area contributed by atoms with Crippen LogP contribution in [0.4, 0.5) is 0 Å². The minimum absolute atomic E-state index is 0.0243. The SMILES string of the molecule is O=C(Cc1ccc(I)cc1)c1cc(Cl)ccc1Cl. The Morgan fingerprint density at radius 3 is 2.39 bits per heavy atom. The van der Waals surface area contributed by atoms with Crippen molar-refractivity contribution < 1.29 is 4.79 Å². The first-order valence-electron chi connectivity index (χ1n) is 5.29. The van der Waals surface area contributed by atoms with E-state index < -0.39 is 0 Å². The molecule has 4 heteroatoms. The van der Waals surface area contributed by atoms with Crippen LogP contribution < -0.4 is 0 Å². The van der Waals surface area contributed by atoms with Crippen LogP contribution in [0.5, 0.6) is 0 Å². The van der Waals surface area contributed by atoms with E-state index in [-0.39, 0.29) is 5.78 Å². The van der Waals surface area contributed by atoms with Crippen LogP contribution in [0.15, 0.2) is 42.5 Å². The first-order chi connectivity index (χ1) is 8.56. The van der Waals surface area contributed by atoms with Crippen LogP contribution in [0.2, 0.25) is 10.0 Å². The van der Waals surface area contributed by atoms with Crippen LogP contribution in [-0.2, 0) is 6.42 Å². The second-order valence-corrected chi connectivity index (χ2v) is 5.94. The molecule has 2 rings (SSSR count). The number of ketones is 1. The Balaban J connectivity index is 2.21. The topological polar surface area (TPSA) is 17.1 Å². The maximum absolute atomic E-state index is 12.1. The molecule has 0 heterocycles. The summed E-state index contributed by atoms with van der Waals surface area (Å²) >= 11 is 14.1. The van der Waals surface area contributed by atoms with Gasteiger partial charge in [0.05, 0.1) is 5.02 Å². The molecular weight excluding hydrogens is 382 g/mol. The molecule has 0 unspecified atom stereocenters. The third kappa shape index (κ3) is 3.46. The molecule has 2 aromatic rings. The summed E-state index contributed by atoms with van der Waals surface area (Å²) in [6.45, 7) is 0. The number of hydrogen-bond acceptors (Lipinski definition) is 1. The van der Waals surface area contributed by atoms with Gasteiger partial charge in [0.2, 0.25) is 0 Å². The molecule has 0 spiro atoms. The van der Waals surface area contributed by atoms with E-state index in [2.05, 4.69) is 22.6 Å². The third-order valence-corrected chi connectivity index (χ3v) is 3.79. The molecule has 92 valence electrons. The van der Waals surface area contributed by atoms with E-state index in [1.54, 1.807) is 18.2 Å². The molecule has 0 fully saturated rings. The lowest BCUT2D eigenvalue weighted by molar-refractivity contribution is 0.0993. The first-order valence-corrected chi connectivity index (χ1v) is 7.12. The van der Waals surface area contributed by atoms with Crippen molar-refractivity contribution in [3.05, 3.63) is 67.2 Å². The fourth-order valence-corrected chi connectivity index (χ4v) is 2.35. The molecule has 2 aromatic carbocycles. The Morgan fingerprint density at radius 2 is 1.72 bits per heavy atom. The van der Waals surface area contributed by atoms with Gasteiger partial charge in [0, 0.05) is 20.6 Å². The van der Waals surface area contributed by atoms with Gasteiger partial charge in [-0.25, -0.2) is 0 Å². The van der Waals surface area contributed by atoms with Crippen LogP contribution in [0.1, 0.15) is 15.9 Å². The van der Waals surface area contributed by atoms with Crippen molar-refractivity contribution in [3.8, 4) is 0 Å². The van der Waals surface area contributed by atoms with Gasteiger partial charge < -0.3 is 0 Å². The fourth-order valence-electron chi connectivity index (χ4n) is 1.59. The summed E-state index contributed by atoms with van der Waals surface area (Å²) < 4.78 is 1.14. The summed E-state index contributed by atoms with van der Waals surface area (Å²) in [7, 11) is 0. The second kappa shape index (κ2) is 6.04. The molecule has 0 bridgehead atoms. The van der Waals surface area contributed by atoms with Crippen molar-refractivity contribution in [1.82, 2.24) is 0 Å². The van der Waals surface area contributed by atoms with Crippen LogP contribution in [0, 0.1) is 3.57 Å². The van der Waals surface area contributed by atoms with Crippen LogP contribution >= 0.6 is 45.8 Å². The van der Waals surface area contributed by atoms with Crippen molar-refractivity contribution in [2.24, 2.45) is 0 Å². The second-order valence-electron chi connectivity index (χ2n) is 3.85. The zero-order valence-corrected chi connectivity index (χ0v) is 13.0. The van der Waals surface area contributed by atoms with Gasteiger partial charge in [0.25, 0.3) is 0 Å². The maximum atomic E-state index is 12.1. The summed E-state index contributed by atoms with van der Waals surface area (Å²) in [6.07, 6.45) is 0.330. The van der Waals surface area contributed by atoms with Gasteiger partial charge in [0.1, 0.15) is 0 Å². The molecule has 18 heavy (non-hydrogen) atoms. The maximum Gasteiger partial charge on any atom is 0.168 e. The number of halogens is 3.